The first-order chi connectivity index (χ1) is 14.2. The zero-order valence-electron chi connectivity index (χ0n) is 15.9. The number of fused-ring (bicyclic) bond motifs is 3. The Morgan fingerprint density at radius 2 is 1.79 bits per heavy atom. The van der Waals surface area contributed by atoms with E-state index in [-0.39, 0.29) is 11.9 Å². The lowest BCUT2D eigenvalue weighted by atomic mass is 9.99. The average Bonchev–Trinajstić information content (AvgIpc) is 3.12. The van der Waals surface area contributed by atoms with Crippen LogP contribution in [0.25, 0.3) is 16.7 Å². The lowest BCUT2D eigenvalue weighted by molar-refractivity contribution is -0.664. The molecule has 0 saturated heterocycles. The average molecular weight is 405 g/mol. The van der Waals surface area contributed by atoms with E-state index in [9.17, 15) is 4.39 Å². The Labute approximate surface area is 173 Å². The summed E-state index contributed by atoms with van der Waals surface area (Å²) in [6, 6.07) is 20.9. The molecule has 3 nitrogen and oxygen atoms in total. The zero-order chi connectivity index (χ0) is 20.0. The van der Waals surface area contributed by atoms with Crippen LogP contribution in [0.4, 0.5) is 10.3 Å². The van der Waals surface area contributed by atoms with E-state index in [2.05, 4.69) is 46.1 Å². The molecule has 144 valence electrons. The van der Waals surface area contributed by atoms with Gasteiger partial charge >= 0.3 is 5.95 Å². The normalized spacial score (nSPS) is 15.7. The Hall–Kier alpha value is -3.11. The molecule has 1 unspecified atom stereocenters. The molecule has 1 aliphatic rings. The van der Waals surface area contributed by atoms with Gasteiger partial charge in [0, 0.05) is 11.1 Å². The lowest BCUT2D eigenvalue weighted by Gasteiger charge is -2.22. The van der Waals surface area contributed by atoms with E-state index in [1.807, 2.05) is 30.3 Å². The number of imidazole rings is 1. The first-order valence-electron chi connectivity index (χ1n) is 9.70. The molecule has 0 aliphatic carbocycles. The number of hydrogen-bond donors (Lipinski definition) is 2. The number of nitrogens with zero attached hydrogens (tertiary/aromatic N) is 1. The van der Waals surface area contributed by atoms with Crippen LogP contribution in [0, 0.1) is 5.82 Å². The minimum atomic E-state index is -0.378. The van der Waals surface area contributed by atoms with Gasteiger partial charge < -0.3 is 0 Å². The number of aromatic amines is 1. The van der Waals surface area contributed by atoms with Crippen molar-refractivity contribution in [2.24, 2.45) is 0 Å². The van der Waals surface area contributed by atoms with Gasteiger partial charge in [0.1, 0.15) is 28.6 Å². The van der Waals surface area contributed by atoms with Crippen molar-refractivity contribution in [1.82, 2.24) is 4.98 Å². The van der Waals surface area contributed by atoms with E-state index in [1.165, 1.54) is 11.6 Å². The van der Waals surface area contributed by atoms with Gasteiger partial charge in [0.25, 0.3) is 0 Å². The first-order valence-corrected chi connectivity index (χ1v) is 10.1. The number of para-hydroxylation sites is 2. The van der Waals surface area contributed by atoms with E-state index in [0.29, 0.717) is 10.6 Å². The van der Waals surface area contributed by atoms with Gasteiger partial charge in [-0.05, 0) is 42.3 Å². The lowest BCUT2D eigenvalue weighted by Crippen LogP contribution is -2.44. The Bertz CT molecular complexity index is 1220. The fraction of sp³-hybridized carbons (Fsp3) is 0.125. The monoisotopic (exact) mass is 404 g/mol. The summed E-state index contributed by atoms with van der Waals surface area (Å²) in [5.74, 6) is 0.484. The van der Waals surface area contributed by atoms with Gasteiger partial charge in [0.15, 0.2) is 0 Å². The summed E-state index contributed by atoms with van der Waals surface area (Å²) < 4.78 is 17.0. The summed E-state index contributed by atoms with van der Waals surface area (Å²) in [5, 5.41) is 3.90. The highest BCUT2D eigenvalue weighted by atomic mass is 35.5. The third kappa shape index (κ3) is 3.00. The summed E-state index contributed by atoms with van der Waals surface area (Å²) in [5.41, 5.74) is 5.67. The SMILES string of the molecule is CCc1ccc(C2=CC(c3c(F)cccc3Cl)[n+]3c([nH]c4ccccc43)N2)cc1. The second-order valence-corrected chi connectivity index (χ2v) is 7.60. The smallest absolute Gasteiger partial charge is 0.244 e. The second-order valence-electron chi connectivity index (χ2n) is 7.20. The van der Waals surface area contributed by atoms with Crippen LogP contribution >= 0.6 is 11.6 Å². The van der Waals surface area contributed by atoms with Crippen molar-refractivity contribution in [3.63, 3.8) is 0 Å². The van der Waals surface area contributed by atoms with Crippen molar-refractivity contribution < 1.29 is 8.96 Å². The van der Waals surface area contributed by atoms with Crippen LogP contribution < -0.4 is 9.88 Å². The van der Waals surface area contributed by atoms with E-state index < -0.39 is 0 Å². The maximum atomic E-state index is 14.9. The van der Waals surface area contributed by atoms with Gasteiger partial charge in [-0.15, -0.1) is 0 Å². The number of hydrogen-bond acceptors (Lipinski definition) is 1. The Kier molecular flexibility index (Phi) is 4.36. The number of anilines is 1. The van der Waals surface area contributed by atoms with Gasteiger partial charge in [-0.2, -0.15) is 0 Å². The standard InChI is InChI=1S/C24H19ClFN3/c1-2-15-10-12-16(13-11-15)20-14-22(23-17(25)6-5-7-18(23)26)29-21-9-4-3-8-19(21)27-24(29)28-20/h3-14,22H,2H2,1H3,(H,27,28)/p+1. The molecule has 5 heteroatoms. The number of aryl methyl sites for hydroxylation is 1. The number of aromatic nitrogens is 2. The second kappa shape index (κ2) is 7.05. The van der Waals surface area contributed by atoms with Crippen molar-refractivity contribution in [2.45, 2.75) is 19.4 Å². The largest absolute Gasteiger partial charge is 0.361 e. The molecule has 2 heterocycles. The topological polar surface area (TPSA) is 31.7 Å². The molecular weight excluding hydrogens is 385 g/mol. The van der Waals surface area contributed by atoms with Crippen LogP contribution in [-0.2, 0) is 6.42 Å². The molecule has 1 aromatic heterocycles. The minimum absolute atomic E-state index is 0.315. The van der Waals surface area contributed by atoms with E-state index in [0.717, 1.165) is 34.7 Å². The Morgan fingerprint density at radius 1 is 1.00 bits per heavy atom. The summed E-state index contributed by atoms with van der Waals surface area (Å²) >= 11 is 6.47. The van der Waals surface area contributed by atoms with Crippen LogP contribution in [0.5, 0.6) is 0 Å². The maximum absolute atomic E-state index is 14.9. The van der Waals surface area contributed by atoms with Crippen LogP contribution in [0.2, 0.25) is 5.02 Å². The van der Waals surface area contributed by atoms with Crippen LogP contribution in [-0.4, -0.2) is 4.98 Å². The molecule has 2 N–H and O–H groups in total. The molecule has 0 saturated carbocycles. The molecule has 0 radical (unpaired) electrons. The van der Waals surface area contributed by atoms with Gasteiger partial charge in [0.2, 0.25) is 0 Å². The number of H-pyrrole nitrogens is 1. The number of nitrogens with one attached hydrogen (secondary N) is 2. The van der Waals surface area contributed by atoms with Crippen LogP contribution in [0.1, 0.15) is 29.7 Å². The molecule has 0 amide bonds. The number of rotatable bonds is 3. The van der Waals surface area contributed by atoms with Gasteiger partial charge in [-0.1, -0.05) is 61.0 Å². The van der Waals surface area contributed by atoms with Crippen molar-refractivity contribution in [2.75, 3.05) is 5.32 Å². The van der Waals surface area contributed by atoms with Gasteiger partial charge in [-0.3, -0.25) is 0 Å². The molecule has 1 atom stereocenters. The number of benzene rings is 3. The number of halogens is 2. The zero-order valence-corrected chi connectivity index (χ0v) is 16.7. The van der Waals surface area contributed by atoms with E-state index >= 15 is 0 Å². The van der Waals surface area contributed by atoms with Gasteiger partial charge in [-0.25, -0.2) is 19.3 Å². The fourth-order valence-electron chi connectivity index (χ4n) is 3.97. The Morgan fingerprint density at radius 3 is 2.55 bits per heavy atom. The molecule has 1 aliphatic heterocycles. The third-order valence-electron chi connectivity index (χ3n) is 5.48. The summed E-state index contributed by atoms with van der Waals surface area (Å²) in [6.45, 7) is 2.14. The summed E-state index contributed by atoms with van der Waals surface area (Å²) in [6.07, 6.45) is 3.03. The predicted molar refractivity (Wildman–Crippen MR) is 115 cm³/mol. The third-order valence-corrected chi connectivity index (χ3v) is 5.81. The quantitative estimate of drug-likeness (QED) is 0.411. The van der Waals surface area contributed by atoms with Crippen LogP contribution in [0.15, 0.2) is 72.8 Å². The highest BCUT2D eigenvalue weighted by molar-refractivity contribution is 6.31. The van der Waals surface area contributed by atoms with E-state index in [4.69, 9.17) is 11.6 Å². The molecule has 5 rings (SSSR count). The fourth-order valence-corrected chi connectivity index (χ4v) is 4.25. The van der Waals surface area contributed by atoms with Crippen molar-refractivity contribution in [3.05, 3.63) is 100 Å². The molecule has 4 aromatic rings. The van der Waals surface area contributed by atoms with Crippen molar-refractivity contribution in [3.8, 4) is 0 Å². The predicted octanol–water partition coefficient (Wildman–Crippen LogP) is 5.87. The molecule has 3 aromatic carbocycles. The minimum Gasteiger partial charge on any atom is -0.244 e. The summed E-state index contributed by atoms with van der Waals surface area (Å²) in [4.78, 5) is 3.42. The van der Waals surface area contributed by atoms with Crippen LogP contribution in [0.3, 0.4) is 0 Å². The van der Waals surface area contributed by atoms with Gasteiger partial charge in [0.05, 0.1) is 5.02 Å². The Balaban J connectivity index is 1.73. The first kappa shape index (κ1) is 18.0. The highest BCUT2D eigenvalue weighted by Gasteiger charge is 2.33. The molecule has 29 heavy (non-hydrogen) atoms. The molecule has 0 spiro atoms. The molecule has 0 fully saturated rings. The van der Waals surface area contributed by atoms with E-state index in [1.54, 1.807) is 12.1 Å². The molecular formula is C24H20ClFN3+. The maximum Gasteiger partial charge on any atom is 0.361 e. The molecule has 0 bridgehead atoms. The number of allylic oxidation sites excluding steroid dienone is 1. The van der Waals surface area contributed by atoms with Crippen molar-refractivity contribution in [1.29, 1.82) is 0 Å². The highest BCUT2D eigenvalue weighted by Crippen LogP contribution is 2.34. The van der Waals surface area contributed by atoms with Crippen molar-refractivity contribution >= 4 is 34.3 Å². The summed E-state index contributed by atoms with van der Waals surface area (Å²) in [7, 11) is 0.